The number of hydrogen-bond donors (Lipinski definition) is 2. The monoisotopic (exact) mass is 292 g/mol. The Morgan fingerprint density at radius 1 is 1.33 bits per heavy atom. The summed E-state index contributed by atoms with van der Waals surface area (Å²) >= 11 is 0. The molecule has 0 radical (unpaired) electrons. The number of carbonyl (C=O) groups excluding carboxylic acids is 1. The minimum Gasteiger partial charge on any atom is -0.481 e. The average Bonchev–Trinajstić information content (AvgIpc) is 2.72. The van der Waals surface area contributed by atoms with Crippen LogP contribution < -0.4 is 10.1 Å². The molecule has 0 aromatic carbocycles. The molecular formula is C15H20N2O4. The van der Waals surface area contributed by atoms with Crippen LogP contribution in [0, 0.1) is 5.92 Å². The molecule has 6 nitrogen and oxygen atoms in total. The number of pyridine rings is 1. The lowest BCUT2D eigenvalue weighted by Gasteiger charge is -2.23. The van der Waals surface area contributed by atoms with Gasteiger partial charge in [-0.05, 0) is 25.0 Å². The zero-order chi connectivity index (χ0) is 15.2. The highest BCUT2D eigenvalue weighted by Gasteiger charge is 2.31. The Kier molecular flexibility index (Phi) is 5.14. The van der Waals surface area contributed by atoms with Crippen LogP contribution in [0.15, 0.2) is 18.3 Å². The number of nitrogens with zero attached hydrogens (tertiary/aromatic N) is 1. The number of methoxy groups -OCH3 is 1. The summed E-state index contributed by atoms with van der Waals surface area (Å²) in [7, 11) is 1.45. The molecule has 2 atom stereocenters. The van der Waals surface area contributed by atoms with Crippen molar-refractivity contribution in [3.8, 4) is 5.88 Å². The third kappa shape index (κ3) is 3.71. The van der Waals surface area contributed by atoms with Crippen molar-refractivity contribution in [2.45, 2.75) is 38.1 Å². The highest BCUT2D eigenvalue weighted by atomic mass is 16.5. The zero-order valence-electron chi connectivity index (χ0n) is 12.0. The van der Waals surface area contributed by atoms with Crippen LogP contribution >= 0.6 is 0 Å². The van der Waals surface area contributed by atoms with Gasteiger partial charge in [0.25, 0.3) is 5.91 Å². The molecule has 0 spiro atoms. The van der Waals surface area contributed by atoms with Gasteiger partial charge in [-0.1, -0.05) is 19.3 Å². The highest BCUT2D eigenvalue weighted by molar-refractivity contribution is 5.96. The van der Waals surface area contributed by atoms with E-state index in [9.17, 15) is 14.7 Å². The van der Waals surface area contributed by atoms with E-state index in [2.05, 4.69) is 10.3 Å². The van der Waals surface area contributed by atoms with Gasteiger partial charge in [0, 0.05) is 12.2 Å². The number of hydrogen-bond acceptors (Lipinski definition) is 4. The molecule has 0 aliphatic heterocycles. The fraction of sp³-hybridized carbons (Fsp3) is 0.533. The SMILES string of the molecule is COc1ncccc1C(=O)N[C@@H]1CCCCC[C@H]1C(=O)O. The van der Waals surface area contributed by atoms with Gasteiger partial charge in [-0.3, -0.25) is 9.59 Å². The fourth-order valence-corrected chi connectivity index (χ4v) is 2.75. The van der Waals surface area contributed by atoms with Crippen molar-refractivity contribution in [3.63, 3.8) is 0 Å². The predicted molar refractivity (Wildman–Crippen MR) is 76.3 cm³/mol. The number of carbonyl (C=O) groups is 2. The van der Waals surface area contributed by atoms with Gasteiger partial charge in [0.05, 0.1) is 13.0 Å². The van der Waals surface area contributed by atoms with Crippen LogP contribution in [0.5, 0.6) is 5.88 Å². The maximum Gasteiger partial charge on any atom is 0.308 e. The number of aliphatic carboxylic acids is 1. The smallest absolute Gasteiger partial charge is 0.308 e. The summed E-state index contributed by atoms with van der Waals surface area (Å²) in [5, 5.41) is 12.2. The van der Waals surface area contributed by atoms with Gasteiger partial charge in [-0.15, -0.1) is 0 Å². The van der Waals surface area contributed by atoms with Crippen molar-refractivity contribution in [1.29, 1.82) is 0 Å². The first-order valence-electron chi connectivity index (χ1n) is 7.16. The molecule has 1 fully saturated rings. The van der Waals surface area contributed by atoms with Crippen LogP contribution in [0.4, 0.5) is 0 Å². The number of ether oxygens (including phenoxy) is 1. The van der Waals surface area contributed by atoms with E-state index in [-0.39, 0.29) is 17.8 Å². The molecular weight excluding hydrogens is 272 g/mol. The van der Waals surface area contributed by atoms with Crippen molar-refractivity contribution in [1.82, 2.24) is 10.3 Å². The van der Waals surface area contributed by atoms with Gasteiger partial charge in [-0.25, -0.2) is 4.98 Å². The molecule has 1 aliphatic rings. The Bertz CT molecular complexity index is 518. The summed E-state index contributed by atoms with van der Waals surface area (Å²) < 4.78 is 5.07. The van der Waals surface area contributed by atoms with Crippen molar-refractivity contribution in [2.75, 3.05) is 7.11 Å². The predicted octanol–water partition coefficient (Wildman–Crippen LogP) is 1.85. The van der Waals surface area contributed by atoms with Crippen LogP contribution in [0.2, 0.25) is 0 Å². The van der Waals surface area contributed by atoms with E-state index in [1.165, 1.54) is 7.11 Å². The van der Waals surface area contributed by atoms with Crippen LogP contribution in [-0.2, 0) is 4.79 Å². The van der Waals surface area contributed by atoms with E-state index in [1.54, 1.807) is 18.3 Å². The number of nitrogens with one attached hydrogen (secondary N) is 1. The second-order valence-electron chi connectivity index (χ2n) is 5.22. The summed E-state index contributed by atoms with van der Waals surface area (Å²) in [6, 6.07) is 2.93. The molecule has 1 amide bonds. The van der Waals surface area contributed by atoms with Crippen molar-refractivity contribution in [2.24, 2.45) is 5.92 Å². The van der Waals surface area contributed by atoms with Gasteiger partial charge >= 0.3 is 5.97 Å². The van der Waals surface area contributed by atoms with E-state index in [1.807, 2.05) is 0 Å². The van der Waals surface area contributed by atoms with Crippen molar-refractivity contribution < 1.29 is 19.4 Å². The van der Waals surface area contributed by atoms with Crippen LogP contribution in [-0.4, -0.2) is 35.1 Å². The maximum absolute atomic E-state index is 12.3. The van der Waals surface area contributed by atoms with E-state index in [0.29, 0.717) is 18.4 Å². The molecule has 21 heavy (non-hydrogen) atoms. The Hall–Kier alpha value is -2.11. The standard InChI is InChI=1S/C15H20N2O4/c1-21-14-11(7-5-9-16-14)13(18)17-12-8-4-2-3-6-10(12)15(19)20/h5,7,9-10,12H,2-4,6,8H2,1H3,(H,17,18)(H,19,20)/t10-,12-/m1/s1. The number of carboxylic acids is 1. The third-order valence-corrected chi connectivity index (χ3v) is 3.86. The van der Waals surface area contributed by atoms with E-state index in [4.69, 9.17) is 4.74 Å². The van der Waals surface area contributed by atoms with Crippen molar-refractivity contribution >= 4 is 11.9 Å². The molecule has 1 aromatic heterocycles. The fourth-order valence-electron chi connectivity index (χ4n) is 2.75. The summed E-state index contributed by atoms with van der Waals surface area (Å²) in [5.74, 6) is -1.46. The molecule has 2 rings (SSSR count). The van der Waals surface area contributed by atoms with E-state index >= 15 is 0 Å². The lowest BCUT2D eigenvalue weighted by Crippen LogP contribution is -2.43. The Morgan fingerprint density at radius 2 is 2.10 bits per heavy atom. The van der Waals surface area contributed by atoms with E-state index in [0.717, 1.165) is 19.3 Å². The highest BCUT2D eigenvalue weighted by Crippen LogP contribution is 2.24. The minimum absolute atomic E-state index is 0.246. The molecule has 0 unspecified atom stereocenters. The molecule has 1 heterocycles. The number of amides is 1. The van der Waals surface area contributed by atoms with Gasteiger partial charge in [0.1, 0.15) is 5.56 Å². The number of aromatic nitrogens is 1. The zero-order valence-corrected chi connectivity index (χ0v) is 12.0. The Balaban J connectivity index is 2.14. The van der Waals surface area contributed by atoms with Crippen LogP contribution in [0.3, 0.4) is 0 Å². The molecule has 114 valence electrons. The second-order valence-corrected chi connectivity index (χ2v) is 5.22. The lowest BCUT2D eigenvalue weighted by molar-refractivity contribution is -0.142. The minimum atomic E-state index is -0.847. The quantitative estimate of drug-likeness (QED) is 0.827. The van der Waals surface area contributed by atoms with Gasteiger partial charge in [0.2, 0.25) is 5.88 Å². The molecule has 2 N–H and O–H groups in total. The average molecular weight is 292 g/mol. The summed E-state index contributed by atoms with van der Waals surface area (Å²) in [5.41, 5.74) is 0.327. The first kappa shape index (κ1) is 15.3. The molecule has 6 heteroatoms. The molecule has 0 bridgehead atoms. The van der Waals surface area contributed by atoms with Gasteiger partial charge in [0.15, 0.2) is 0 Å². The van der Waals surface area contributed by atoms with Gasteiger partial charge in [-0.2, -0.15) is 0 Å². The van der Waals surface area contributed by atoms with Crippen molar-refractivity contribution in [3.05, 3.63) is 23.9 Å². The molecule has 1 aliphatic carbocycles. The summed E-state index contributed by atoms with van der Waals surface area (Å²) in [6.45, 7) is 0. The molecule has 0 saturated heterocycles. The topological polar surface area (TPSA) is 88.5 Å². The number of carboxylic acid groups (broad SMARTS) is 1. The third-order valence-electron chi connectivity index (χ3n) is 3.86. The first-order valence-corrected chi connectivity index (χ1v) is 7.16. The van der Waals surface area contributed by atoms with Crippen LogP contribution in [0.1, 0.15) is 42.5 Å². The van der Waals surface area contributed by atoms with Crippen LogP contribution in [0.25, 0.3) is 0 Å². The van der Waals surface area contributed by atoms with E-state index < -0.39 is 11.9 Å². The Morgan fingerprint density at radius 3 is 2.81 bits per heavy atom. The molecule has 1 saturated carbocycles. The first-order chi connectivity index (χ1) is 10.1. The normalized spacial score (nSPS) is 22.1. The number of rotatable bonds is 4. The summed E-state index contributed by atoms with van der Waals surface area (Å²) in [4.78, 5) is 27.7. The molecule has 1 aromatic rings. The maximum atomic E-state index is 12.3. The largest absolute Gasteiger partial charge is 0.481 e. The van der Waals surface area contributed by atoms with Gasteiger partial charge < -0.3 is 15.2 Å². The summed E-state index contributed by atoms with van der Waals surface area (Å²) in [6.07, 6.45) is 5.65. The lowest BCUT2D eigenvalue weighted by atomic mass is 9.94. The Labute approximate surface area is 123 Å². The second kappa shape index (κ2) is 7.06.